The van der Waals surface area contributed by atoms with Gasteiger partial charge in [-0.15, -0.1) is 0 Å². The third-order valence-corrected chi connectivity index (χ3v) is 0. The first-order chi connectivity index (χ1) is 2.00. The van der Waals surface area contributed by atoms with Gasteiger partial charge in [0.2, 0.25) is 0 Å². The zero-order chi connectivity index (χ0) is 4.50. The van der Waals surface area contributed by atoms with E-state index in [0.717, 1.165) is 4.48 Å². The van der Waals surface area contributed by atoms with E-state index < -0.39 is 0 Å². The normalized spacial score (nSPS) is 8.57. The summed E-state index contributed by atoms with van der Waals surface area (Å²) < 4.78 is 1.00. The second kappa shape index (κ2) is 3.99. The summed E-state index contributed by atoms with van der Waals surface area (Å²) >= 11 is 0. The lowest BCUT2D eigenvalue weighted by molar-refractivity contribution is -0.849. The zero-order valence-corrected chi connectivity index (χ0v) is 5.20. The molecule has 0 saturated carbocycles. The Morgan fingerprint density at radius 3 is 0.857 bits per heavy atom. The number of rotatable bonds is 0. The standard InChI is InChI=1S/C4H12N.2FH/c1-5(2,3)4;;/h1-4H3;2*1H/q+1;;/p-1. The molecule has 3 heteroatoms. The molecule has 0 bridgehead atoms. The predicted octanol–water partition coefficient (Wildman–Crippen LogP) is -5.56. The van der Waals surface area contributed by atoms with Crippen molar-refractivity contribution in [3.8, 4) is 0 Å². The molecule has 0 saturated heterocycles. The van der Waals surface area contributed by atoms with Crippen LogP contribution in [0.25, 0.3) is 0 Å². The molecule has 0 aromatic heterocycles. The van der Waals surface area contributed by atoms with Gasteiger partial charge in [-0.2, -0.15) is 0 Å². The highest BCUT2D eigenvalue weighted by Crippen LogP contribution is 1.73. The van der Waals surface area contributed by atoms with Gasteiger partial charge in [-0.1, -0.05) is 0 Å². The lowest BCUT2D eigenvalue weighted by Crippen LogP contribution is -3.00. The molecule has 0 aromatic carbocycles. The fourth-order valence-electron chi connectivity index (χ4n) is 0. The van der Waals surface area contributed by atoms with E-state index in [0.29, 0.717) is 0 Å². The molecular weight excluding hydrogens is 100 g/mol. The summed E-state index contributed by atoms with van der Waals surface area (Å²) in [5.74, 6) is 0. The minimum Gasteiger partial charge on any atom is -1.00 e. The molecule has 0 amide bonds. The third kappa shape index (κ3) is 2620. The van der Waals surface area contributed by atoms with Crippen LogP contribution >= 0.6 is 0 Å². The minimum absolute atomic E-state index is 0. The minimum atomic E-state index is 0. The van der Waals surface area contributed by atoms with Gasteiger partial charge in [0.1, 0.15) is 0 Å². The van der Waals surface area contributed by atoms with E-state index in [9.17, 15) is 0 Å². The van der Waals surface area contributed by atoms with Crippen LogP contribution in [0.1, 0.15) is 1.43 Å². The lowest BCUT2D eigenvalue weighted by atomic mass is 10.8. The number of halogens is 2. The Labute approximate surface area is 44.7 Å². The molecule has 0 heterocycles. The highest BCUT2D eigenvalue weighted by Gasteiger charge is 1.88. The van der Waals surface area contributed by atoms with Crippen molar-refractivity contribution in [2.75, 3.05) is 28.2 Å². The Kier molecular flexibility index (Phi) is 9.03. The predicted molar refractivity (Wildman–Crippen MR) is 25.1 cm³/mol. The Morgan fingerprint density at radius 2 is 0.857 bits per heavy atom. The van der Waals surface area contributed by atoms with Crippen LogP contribution in [0.3, 0.4) is 0 Å². The van der Waals surface area contributed by atoms with E-state index in [4.69, 9.17) is 0 Å². The smallest absolute Gasteiger partial charge is 1.00 e. The maximum atomic E-state index is 2.12. The molecule has 0 radical (unpaired) electrons. The van der Waals surface area contributed by atoms with Crippen LogP contribution in [0.15, 0.2) is 0 Å². The van der Waals surface area contributed by atoms with Gasteiger partial charge in [-0.25, -0.2) is 0 Å². The average Bonchev–Trinajstić information content (AvgIpc) is 0.722. The fourth-order valence-corrected chi connectivity index (χ4v) is 0. The summed E-state index contributed by atoms with van der Waals surface area (Å²) in [6, 6.07) is 0. The highest BCUT2D eigenvalue weighted by atomic mass is 19.0. The van der Waals surface area contributed by atoms with Crippen molar-refractivity contribution >= 4 is 0 Å². The quantitative estimate of drug-likeness (QED) is 0.275. The molecule has 0 aromatic rings. The van der Waals surface area contributed by atoms with E-state index in [2.05, 4.69) is 28.2 Å². The van der Waals surface area contributed by atoms with Gasteiger partial charge in [0.15, 0.2) is 0 Å². The van der Waals surface area contributed by atoms with Gasteiger partial charge in [0.05, 0.1) is 28.2 Å². The topological polar surface area (TPSA) is 0 Å². The number of quaternary nitrogens is 1. The molecule has 7 heavy (non-hydrogen) atoms. The van der Waals surface area contributed by atoms with E-state index >= 15 is 0 Å². The first-order valence-electron chi connectivity index (χ1n) is 1.79. The van der Waals surface area contributed by atoms with Crippen LogP contribution < -0.4 is 9.41 Å². The van der Waals surface area contributed by atoms with E-state index in [1.54, 1.807) is 0 Å². The Balaban J connectivity index is -0.0000000267. The Hall–Kier alpha value is -0.180. The third-order valence-electron chi connectivity index (χ3n) is 0. The molecule has 0 aliphatic rings. The summed E-state index contributed by atoms with van der Waals surface area (Å²) in [6.45, 7) is 0. The van der Waals surface area contributed by atoms with Crippen molar-refractivity contribution in [3.05, 3.63) is 0 Å². The van der Waals surface area contributed by atoms with Gasteiger partial charge < -0.3 is 13.9 Å². The number of nitrogens with zero attached hydrogens (tertiary/aromatic N) is 1. The second-order valence-corrected chi connectivity index (χ2v) is 2.68. The van der Waals surface area contributed by atoms with Gasteiger partial charge in [-0.3, -0.25) is 0 Å². The molecule has 0 aliphatic heterocycles. The molecule has 0 aliphatic carbocycles. The summed E-state index contributed by atoms with van der Waals surface area (Å²) in [5, 5.41) is 0. The maximum absolute atomic E-state index is 2.12. The van der Waals surface area contributed by atoms with Crippen LogP contribution in [0.4, 0.5) is 0 Å². The molecule has 0 rings (SSSR count). The Bertz CT molecular complexity index is 29.5. The largest absolute Gasteiger partial charge is 1.00 e. The summed E-state index contributed by atoms with van der Waals surface area (Å²) in [7, 11) is 8.50. The molecule has 0 N–H and O–H groups in total. The molecule has 0 unspecified atom stereocenters. The summed E-state index contributed by atoms with van der Waals surface area (Å²) in [4.78, 5) is 0. The van der Waals surface area contributed by atoms with E-state index in [1.807, 2.05) is 0 Å². The van der Waals surface area contributed by atoms with Crippen LogP contribution in [0.2, 0.25) is 0 Å². The first kappa shape index (κ1) is 15.8. The van der Waals surface area contributed by atoms with Crippen LogP contribution in [0, 0.1) is 0 Å². The second-order valence-electron chi connectivity index (χ2n) is 2.68. The molecule has 0 atom stereocenters. The van der Waals surface area contributed by atoms with Crippen molar-refractivity contribution in [2.45, 2.75) is 0 Å². The van der Waals surface area contributed by atoms with Crippen molar-refractivity contribution in [2.24, 2.45) is 0 Å². The lowest BCUT2D eigenvalue weighted by Gasteiger charge is -2.14. The maximum Gasteiger partial charge on any atom is 1.00 e. The summed E-state index contributed by atoms with van der Waals surface area (Å²) in [5.41, 5.74) is 0. The van der Waals surface area contributed by atoms with E-state index in [-0.39, 0.29) is 10.8 Å². The molecular formula is C4H13F2N. The van der Waals surface area contributed by atoms with Crippen LogP contribution in [-0.2, 0) is 0 Å². The Morgan fingerprint density at radius 1 is 0.857 bits per heavy atom. The number of hydrogen-bond donors (Lipinski definition) is 0. The summed E-state index contributed by atoms with van der Waals surface area (Å²) in [6.07, 6.45) is 0. The van der Waals surface area contributed by atoms with Gasteiger partial charge >= 0.3 is 1.43 Å². The van der Waals surface area contributed by atoms with Crippen molar-refractivity contribution in [3.63, 3.8) is 0 Å². The molecule has 1 nitrogen and oxygen atoms in total. The monoisotopic (exact) mass is 113 g/mol. The van der Waals surface area contributed by atoms with Crippen LogP contribution in [0.5, 0.6) is 0 Å². The van der Waals surface area contributed by atoms with Crippen molar-refractivity contribution in [1.82, 2.24) is 0 Å². The van der Waals surface area contributed by atoms with Crippen molar-refractivity contribution < 1.29 is 15.3 Å². The van der Waals surface area contributed by atoms with Gasteiger partial charge in [0, 0.05) is 0 Å². The number of hydrogen-bond acceptors (Lipinski definition) is 0. The average molecular weight is 113 g/mol. The van der Waals surface area contributed by atoms with Gasteiger partial charge in [-0.05, 0) is 0 Å². The first-order valence-corrected chi connectivity index (χ1v) is 1.79. The molecule has 0 fully saturated rings. The van der Waals surface area contributed by atoms with Crippen LogP contribution in [-0.4, -0.2) is 32.7 Å². The van der Waals surface area contributed by atoms with Gasteiger partial charge in [0.25, 0.3) is 0 Å². The zero-order valence-electron chi connectivity index (χ0n) is 6.20. The SMILES string of the molecule is C[N+](C)(C)C.[F-].[F-].[H+]. The molecule has 0 spiro atoms. The highest BCUT2D eigenvalue weighted by molar-refractivity contribution is 3.87. The molecule has 48 valence electrons. The fraction of sp³-hybridized carbons (Fsp3) is 1.00. The van der Waals surface area contributed by atoms with Crippen molar-refractivity contribution in [1.29, 1.82) is 0 Å². The van der Waals surface area contributed by atoms with E-state index in [1.165, 1.54) is 0 Å².